The standard InChI is InChI=1S/C12H13N3O3/c1-8-2-4-9(5-3-8)11(16)7-15-6-10(12(17)18)13-14-15/h2-6,11,16H,7H2,1H3,(H,17,18). The normalized spacial score (nSPS) is 12.3. The maximum Gasteiger partial charge on any atom is 0.358 e. The number of benzene rings is 1. The summed E-state index contributed by atoms with van der Waals surface area (Å²) in [6.07, 6.45) is 0.550. The van der Waals surface area contributed by atoms with Crippen LogP contribution in [-0.4, -0.2) is 31.2 Å². The summed E-state index contributed by atoms with van der Waals surface area (Å²) >= 11 is 0. The van der Waals surface area contributed by atoms with Gasteiger partial charge in [-0.15, -0.1) is 5.10 Å². The van der Waals surface area contributed by atoms with Crippen molar-refractivity contribution in [1.82, 2.24) is 15.0 Å². The number of aliphatic hydroxyl groups is 1. The Morgan fingerprint density at radius 3 is 2.61 bits per heavy atom. The van der Waals surface area contributed by atoms with Crippen LogP contribution in [0.4, 0.5) is 0 Å². The van der Waals surface area contributed by atoms with E-state index in [0.717, 1.165) is 11.1 Å². The van der Waals surface area contributed by atoms with Crippen LogP contribution in [0.1, 0.15) is 27.7 Å². The molecule has 0 aliphatic heterocycles. The van der Waals surface area contributed by atoms with Crippen LogP contribution in [0.25, 0.3) is 0 Å². The second-order valence-corrected chi connectivity index (χ2v) is 4.06. The van der Waals surface area contributed by atoms with Gasteiger partial charge in [0, 0.05) is 0 Å². The van der Waals surface area contributed by atoms with E-state index in [0.29, 0.717) is 0 Å². The zero-order valence-corrected chi connectivity index (χ0v) is 9.82. The zero-order valence-electron chi connectivity index (χ0n) is 9.82. The van der Waals surface area contributed by atoms with Crippen LogP contribution >= 0.6 is 0 Å². The van der Waals surface area contributed by atoms with Gasteiger partial charge in [0.25, 0.3) is 0 Å². The molecule has 0 amide bonds. The lowest BCUT2D eigenvalue weighted by molar-refractivity contribution is 0.0690. The molecule has 0 radical (unpaired) electrons. The van der Waals surface area contributed by atoms with E-state index in [1.165, 1.54) is 10.9 Å². The summed E-state index contributed by atoms with van der Waals surface area (Å²) < 4.78 is 1.31. The largest absolute Gasteiger partial charge is 0.476 e. The number of carboxylic acids is 1. The highest BCUT2D eigenvalue weighted by Crippen LogP contribution is 2.15. The first kappa shape index (κ1) is 12.3. The molecule has 94 valence electrons. The first-order valence-electron chi connectivity index (χ1n) is 5.44. The van der Waals surface area contributed by atoms with Gasteiger partial charge in [-0.2, -0.15) is 0 Å². The van der Waals surface area contributed by atoms with E-state index in [4.69, 9.17) is 5.11 Å². The maximum absolute atomic E-state index is 10.6. The first-order valence-corrected chi connectivity index (χ1v) is 5.44. The van der Waals surface area contributed by atoms with Crippen molar-refractivity contribution in [3.8, 4) is 0 Å². The Kier molecular flexibility index (Phi) is 3.38. The Labute approximate surface area is 103 Å². The van der Waals surface area contributed by atoms with Gasteiger partial charge in [0.15, 0.2) is 5.69 Å². The van der Waals surface area contributed by atoms with Crippen LogP contribution < -0.4 is 0 Å². The molecule has 2 aromatic rings. The molecule has 1 heterocycles. The minimum absolute atomic E-state index is 0.133. The Bertz CT molecular complexity index is 548. The summed E-state index contributed by atoms with van der Waals surface area (Å²) in [5, 5.41) is 25.8. The molecular weight excluding hydrogens is 234 g/mol. The molecule has 0 saturated heterocycles. The van der Waals surface area contributed by atoms with Crippen LogP contribution in [0.3, 0.4) is 0 Å². The summed E-state index contributed by atoms with van der Waals surface area (Å²) in [5.74, 6) is -1.13. The van der Waals surface area contributed by atoms with Gasteiger partial charge in [0.1, 0.15) is 0 Å². The number of hydrogen-bond donors (Lipinski definition) is 2. The topological polar surface area (TPSA) is 88.2 Å². The molecule has 2 N–H and O–H groups in total. The number of rotatable bonds is 4. The SMILES string of the molecule is Cc1ccc(C(O)Cn2cc(C(=O)O)nn2)cc1. The summed E-state index contributed by atoms with van der Waals surface area (Å²) in [4.78, 5) is 10.6. The highest BCUT2D eigenvalue weighted by molar-refractivity contribution is 5.84. The number of nitrogens with zero attached hydrogens (tertiary/aromatic N) is 3. The molecule has 6 nitrogen and oxygen atoms in total. The van der Waals surface area contributed by atoms with Crippen LogP contribution in [0, 0.1) is 6.92 Å². The average Bonchev–Trinajstić information content (AvgIpc) is 2.78. The Balaban J connectivity index is 2.08. The van der Waals surface area contributed by atoms with E-state index in [2.05, 4.69) is 10.3 Å². The summed E-state index contributed by atoms with van der Waals surface area (Å²) in [7, 11) is 0. The third-order valence-corrected chi connectivity index (χ3v) is 2.58. The van der Waals surface area contributed by atoms with Crippen molar-refractivity contribution < 1.29 is 15.0 Å². The van der Waals surface area contributed by atoms with Gasteiger partial charge in [-0.25, -0.2) is 9.48 Å². The van der Waals surface area contributed by atoms with E-state index in [9.17, 15) is 9.90 Å². The molecule has 18 heavy (non-hydrogen) atoms. The van der Waals surface area contributed by atoms with Gasteiger partial charge in [0.05, 0.1) is 18.8 Å². The number of aromatic nitrogens is 3. The second-order valence-electron chi connectivity index (χ2n) is 4.06. The zero-order chi connectivity index (χ0) is 13.1. The molecule has 0 aliphatic rings. The first-order chi connectivity index (χ1) is 8.56. The highest BCUT2D eigenvalue weighted by atomic mass is 16.4. The monoisotopic (exact) mass is 247 g/mol. The number of aliphatic hydroxyl groups excluding tert-OH is 1. The van der Waals surface area contributed by atoms with Crippen molar-refractivity contribution in [2.75, 3.05) is 0 Å². The second kappa shape index (κ2) is 4.97. The summed E-state index contributed by atoms with van der Waals surface area (Å²) in [5.41, 5.74) is 1.74. The van der Waals surface area contributed by atoms with Crippen LogP contribution in [0.15, 0.2) is 30.5 Å². The molecule has 1 unspecified atom stereocenters. The molecule has 1 aromatic carbocycles. The number of carbonyl (C=O) groups is 1. The molecule has 0 saturated carbocycles. The van der Waals surface area contributed by atoms with Gasteiger partial charge >= 0.3 is 5.97 Å². The van der Waals surface area contributed by atoms with E-state index in [-0.39, 0.29) is 12.2 Å². The Hall–Kier alpha value is -2.21. The van der Waals surface area contributed by atoms with Crippen LogP contribution in [0.2, 0.25) is 0 Å². The van der Waals surface area contributed by atoms with E-state index < -0.39 is 12.1 Å². The molecule has 0 bridgehead atoms. The van der Waals surface area contributed by atoms with Crippen molar-refractivity contribution in [3.63, 3.8) is 0 Å². The lowest BCUT2D eigenvalue weighted by Crippen LogP contribution is -2.09. The number of hydrogen-bond acceptors (Lipinski definition) is 4. The predicted octanol–water partition coefficient (Wildman–Crippen LogP) is 1.02. The lowest BCUT2D eigenvalue weighted by Gasteiger charge is -2.10. The molecule has 0 spiro atoms. The molecule has 6 heteroatoms. The fourth-order valence-corrected chi connectivity index (χ4v) is 1.56. The minimum Gasteiger partial charge on any atom is -0.476 e. The smallest absolute Gasteiger partial charge is 0.358 e. The minimum atomic E-state index is -1.13. The third-order valence-electron chi connectivity index (χ3n) is 2.58. The fourth-order valence-electron chi connectivity index (χ4n) is 1.56. The van der Waals surface area contributed by atoms with Crippen LogP contribution in [-0.2, 0) is 6.54 Å². The van der Waals surface area contributed by atoms with Gasteiger partial charge < -0.3 is 10.2 Å². The van der Waals surface area contributed by atoms with Gasteiger partial charge in [-0.3, -0.25) is 0 Å². The number of aryl methyl sites for hydroxylation is 1. The highest BCUT2D eigenvalue weighted by Gasteiger charge is 2.12. The molecule has 1 aromatic heterocycles. The van der Waals surface area contributed by atoms with Crippen molar-refractivity contribution in [3.05, 3.63) is 47.3 Å². The van der Waals surface area contributed by atoms with Crippen molar-refractivity contribution in [2.45, 2.75) is 19.6 Å². The fraction of sp³-hybridized carbons (Fsp3) is 0.250. The van der Waals surface area contributed by atoms with Gasteiger partial charge in [-0.1, -0.05) is 35.0 Å². The summed E-state index contributed by atoms with van der Waals surface area (Å²) in [6.45, 7) is 2.13. The van der Waals surface area contributed by atoms with E-state index in [1.54, 1.807) is 0 Å². The molecule has 2 rings (SSSR count). The van der Waals surface area contributed by atoms with Gasteiger partial charge in [-0.05, 0) is 12.5 Å². The Morgan fingerprint density at radius 2 is 2.06 bits per heavy atom. The van der Waals surface area contributed by atoms with Crippen molar-refractivity contribution in [2.24, 2.45) is 0 Å². The van der Waals surface area contributed by atoms with Crippen molar-refractivity contribution >= 4 is 5.97 Å². The predicted molar refractivity (Wildman–Crippen MR) is 63.1 cm³/mol. The maximum atomic E-state index is 10.6. The van der Waals surface area contributed by atoms with E-state index in [1.807, 2.05) is 31.2 Å². The third kappa shape index (κ3) is 2.72. The van der Waals surface area contributed by atoms with Crippen molar-refractivity contribution in [1.29, 1.82) is 0 Å². The number of aromatic carboxylic acids is 1. The number of carboxylic acid groups (broad SMARTS) is 1. The van der Waals surface area contributed by atoms with E-state index >= 15 is 0 Å². The lowest BCUT2D eigenvalue weighted by atomic mass is 10.1. The Morgan fingerprint density at radius 1 is 1.39 bits per heavy atom. The van der Waals surface area contributed by atoms with Gasteiger partial charge in [0.2, 0.25) is 0 Å². The quantitative estimate of drug-likeness (QED) is 0.842. The summed E-state index contributed by atoms with van der Waals surface area (Å²) in [6, 6.07) is 7.47. The molecule has 0 aliphatic carbocycles. The molecular formula is C12H13N3O3. The average molecular weight is 247 g/mol. The molecule has 1 atom stereocenters. The van der Waals surface area contributed by atoms with Crippen LogP contribution in [0.5, 0.6) is 0 Å². The molecule has 0 fully saturated rings.